The van der Waals surface area contributed by atoms with Crippen molar-refractivity contribution in [3.8, 4) is 0 Å². The lowest BCUT2D eigenvalue weighted by molar-refractivity contribution is 0.0950. The van der Waals surface area contributed by atoms with Crippen molar-refractivity contribution < 1.29 is 13.6 Å². The Labute approximate surface area is 134 Å². The van der Waals surface area contributed by atoms with Crippen molar-refractivity contribution in [2.45, 2.75) is 13.8 Å². The molecule has 0 aromatic heterocycles. The molecule has 0 aliphatic rings. The number of hydrogen-bond donors (Lipinski definition) is 1. The number of nitrogens with zero attached hydrogens (tertiary/aromatic N) is 1. The van der Waals surface area contributed by atoms with E-state index in [9.17, 15) is 13.6 Å². The van der Waals surface area contributed by atoms with Crippen LogP contribution in [0.1, 0.15) is 22.8 Å². The average Bonchev–Trinajstić information content (AvgIpc) is 2.51. The number of amides is 1. The largest absolute Gasteiger partial charge is 0.370 e. The highest BCUT2D eigenvalue weighted by atomic mass is 19.1. The standard InChI is InChI=1S/C18H20F2N2O/c1-3-22(15-6-4-5-13(2)11-15)10-9-21-18(23)16-8-7-14(19)12-17(16)20/h4-8,11-12H,3,9-10H2,1-2H3,(H,21,23). The second-order valence-corrected chi connectivity index (χ2v) is 5.30. The topological polar surface area (TPSA) is 32.3 Å². The highest BCUT2D eigenvalue weighted by Crippen LogP contribution is 2.15. The predicted molar refractivity (Wildman–Crippen MR) is 87.8 cm³/mol. The quantitative estimate of drug-likeness (QED) is 0.884. The Hall–Kier alpha value is -2.43. The third-order valence-electron chi connectivity index (χ3n) is 3.59. The van der Waals surface area contributed by atoms with Gasteiger partial charge in [-0.2, -0.15) is 0 Å². The van der Waals surface area contributed by atoms with Crippen LogP contribution in [0, 0.1) is 18.6 Å². The number of nitrogens with one attached hydrogen (secondary N) is 1. The zero-order valence-electron chi connectivity index (χ0n) is 13.3. The van der Waals surface area contributed by atoms with Gasteiger partial charge in [-0.05, 0) is 43.7 Å². The van der Waals surface area contributed by atoms with E-state index < -0.39 is 17.5 Å². The molecule has 0 aliphatic carbocycles. The minimum atomic E-state index is -0.853. The summed E-state index contributed by atoms with van der Waals surface area (Å²) in [4.78, 5) is 14.1. The maximum Gasteiger partial charge on any atom is 0.254 e. The summed E-state index contributed by atoms with van der Waals surface area (Å²) in [6, 6.07) is 11.0. The van der Waals surface area contributed by atoms with Gasteiger partial charge in [0.15, 0.2) is 0 Å². The zero-order chi connectivity index (χ0) is 16.8. The predicted octanol–water partition coefficient (Wildman–Crippen LogP) is 3.53. The first-order valence-electron chi connectivity index (χ1n) is 7.56. The highest BCUT2D eigenvalue weighted by molar-refractivity contribution is 5.94. The van der Waals surface area contributed by atoms with Gasteiger partial charge in [0.25, 0.3) is 5.91 Å². The maximum absolute atomic E-state index is 13.6. The number of halogens is 2. The summed E-state index contributed by atoms with van der Waals surface area (Å²) in [6.07, 6.45) is 0. The smallest absolute Gasteiger partial charge is 0.254 e. The third kappa shape index (κ3) is 4.52. The number of carbonyl (C=O) groups is 1. The van der Waals surface area contributed by atoms with Gasteiger partial charge in [0.2, 0.25) is 0 Å². The molecule has 0 spiro atoms. The normalized spacial score (nSPS) is 10.4. The SMILES string of the molecule is CCN(CCNC(=O)c1ccc(F)cc1F)c1cccc(C)c1. The molecule has 2 aromatic rings. The molecule has 0 aliphatic heterocycles. The maximum atomic E-state index is 13.6. The first-order valence-corrected chi connectivity index (χ1v) is 7.56. The summed E-state index contributed by atoms with van der Waals surface area (Å²) in [7, 11) is 0. The monoisotopic (exact) mass is 318 g/mol. The molecule has 23 heavy (non-hydrogen) atoms. The minimum absolute atomic E-state index is 0.148. The number of carbonyl (C=O) groups excluding carboxylic acids is 1. The Kier molecular flexibility index (Phi) is 5.68. The Morgan fingerprint density at radius 3 is 2.61 bits per heavy atom. The van der Waals surface area contributed by atoms with Gasteiger partial charge >= 0.3 is 0 Å². The van der Waals surface area contributed by atoms with Crippen LogP contribution in [0.5, 0.6) is 0 Å². The summed E-state index contributed by atoms with van der Waals surface area (Å²) in [5.74, 6) is -2.09. The molecule has 0 fully saturated rings. The summed E-state index contributed by atoms with van der Waals surface area (Å²) in [5.41, 5.74) is 2.10. The van der Waals surface area contributed by atoms with Crippen molar-refractivity contribution in [3.63, 3.8) is 0 Å². The fraction of sp³-hybridized carbons (Fsp3) is 0.278. The van der Waals surface area contributed by atoms with Crippen LogP contribution in [0.4, 0.5) is 14.5 Å². The molecule has 0 heterocycles. The van der Waals surface area contributed by atoms with Gasteiger partial charge in [-0.15, -0.1) is 0 Å². The molecular weight excluding hydrogens is 298 g/mol. The second kappa shape index (κ2) is 7.72. The van der Waals surface area contributed by atoms with Gasteiger partial charge in [0.05, 0.1) is 5.56 Å². The highest BCUT2D eigenvalue weighted by Gasteiger charge is 2.12. The number of benzene rings is 2. The summed E-state index contributed by atoms with van der Waals surface area (Å²) in [6.45, 7) is 5.83. The van der Waals surface area contributed by atoms with Crippen molar-refractivity contribution in [2.75, 3.05) is 24.5 Å². The van der Waals surface area contributed by atoms with Crippen LogP contribution < -0.4 is 10.2 Å². The lowest BCUT2D eigenvalue weighted by Crippen LogP contribution is -2.35. The molecule has 0 unspecified atom stereocenters. The first-order chi connectivity index (χ1) is 11.0. The van der Waals surface area contributed by atoms with Crippen molar-refractivity contribution in [2.24, 2.45) is 0 Å². The van der Waals surface area contributed by atoms with E-state index in [2.05, 4.69) is 16.3 Å². The first kappa shape index (κ1) is 16.9. The minimum Gasteiger partial charge on any atom is -0.370 e. The summed E-state index contributed by atoms with van der Waals surface area (Å²) >= 11 is 0. The molecule has 122 valence electrons. The molecule has 2 aromatic carbocycles. The van der Waals surface area contributed by atoms with Gasteiger partial charge in [-0.1, -0.05) is 12.1 Å². The lowest BCUT2D eigenvalue weighted by atomic mass is 10.2. The lowest BCUT2D eigenvalue weighted by Gasteiger charge is -2.23. The van der Waals surface area contributed by atoms with E-state index in [0.717, 1.165) is 24.4 Å². The third-order valence-corrected chi connectivity index (χ3v) is 3.59. The van der Waals surface area contributed by atoms with E-state index in [1.807, 2.05) is 32.0 Å². The number of hydrogen-bond acceptors (Lipinski definition) is 2. The Bertz CT molecular complexity index is 688. The number of aryl methyl sites for hydroxylation is 1. The van der Waals surface area contributed by atoms with E-state index in [0.29, 0.717) is 19.2 Å². The van der Waals surface area contributed by atoms with E-state index in [-0.39, 0.29) is 5.56 Å². The fourth-order valence-electron chi connectivity index (χ4n) is 2.37. The van der Waals surface area contributed by atoms with Crippen molar-refractivity contribution in [3.05, 3.63) is 65.2 Å². The molecule has 0 radical (unpaired) electrons. The van der Waals surface area contributed by atoms with Crippen LogP contribution >= 0.6 is 0 Å². The Morgan fingerprint density at radius 2 is 1.96 bits per heavy atom. The molecule has 0 saturated heterocycles. The van der Waals surface area contributed by atoms with E-state index >= 15 is 0 Å². The van der Waals surface area contributed by atoms with Crippen LogP contribution in [0.15, 0.2) is 42.5 Å². The number of anilines is 1. The Morgan fingerprint density at radius 1 is 1.17 bits per heavy atom. The summed E-state index contributed by atoms with van der Waals surface area (Å²) in [5, 5.41) is 2.67. The molecule has 3 nitrogen and oxygen atoms in total. The molecule has 1 N–H and O–H groups in total. The van der Waals surface area contributed by atoms with Crippen LogP contribution in [-0.2, 0) is 0 Å². The van der Waals surface area contributed by atoms with Crippen molar-refractivity contribution >= 4 is 11.6 Å². The van der Waals surface area contributed by atoms with Crippen LogP contribution in [0.3, 0.4) is 0 Å². The number of likely N-dealkylation sites (N-methyl/N-ethyl adjacent to an activating group) is 1. The molecule has 0 atom stereocenters. The molecule has 2 rings (SSSR count). The van der Waals surface area contributed by atoms with E-state index in [1.165, 1.54) is 5.56 Å². The van der Waals surface area contributed by atoms with E-state index in [1.54, 1.807) is 0 Å². The fourth-order valence-corrected chi connectivity index (χ4v) is 2.37. The molecular formula is C18H20F2N2O. The van der Waals surface area contributed by atoms with E-state index in [4.69, 9.17) is 0 Å². The van der Waals surface area contributed by atoms with Gasteiger partial charge < -0.3 is 10.2 Å². The van der Waals surface area contributed by atoms with Gasteiger partial charge in [-0.3, -0.25) is 4.79 Å². The van der Waals surface area contributed by atoms with Crippen LogP contribution in [0.25, 0.3) is 0 Å². The molecule has 5 heteroatoms. The summed E-state index contributed by atoms with van der Waals surface area (Å²) < 4.78 is 26.4. The van der Waals surface area contributed by atoms with Gasteiger partial charge in [0, 0.05) is 31.4 Å². The van der Waals surface area contributed by atoms with Gasteiger partial charge in [-0.25, -0.2) is 8.78 Å². The van der Waals surface area contributed by atoms with Gasteiger partial charge in [0.1, 0.15) is 11.6 Å². The molecule has 0 saturated carbocycles. The number of rotatable bonds is 6. The van der Waals surface area contributed by atoms with Crippen LogP contribution in [-0.4, -0.2) is 25.5 Å². The van der Waals surface area contributed by atoms with Crippen molar-refractivity contribution in [1.29, 1.82) is 0 Å². The second-order valence-electron chi connectivity index (χ2n) is 5.30. The van der Waals surface area contributed by atoms with Crippen molar-refractivity contribution in [1.82, 2.24) is 5.32 Å². The molecule has 0 bridgehead atoms. The Balaban J connectivity index is 1.93. The van der Waals surface area contributed by atoms with Crippen LogP contribution in [0.2, 0.25) is 0 Å². The molecule has 1 amide bonds. The average molecular weight is 318 g/mol. The zero-order valence-corrected chi connectivity index (χ0v) is 13.3.